The van der Waals surface area contributed by atoms with Crippen LogP contribution in [0, 0.1) is 6.92 Å². The third kappa shape index (κ3) is 4.08. The molecule has 1 heterocycles. The summed E-state index contributed by atoms with van der Waals surface area (Å²) in [5, 5.41) is 2.61. The van der Waals surface area contributed by atoms with Gasteiger partial charge in [0.25, 0.3) is 0 Å². The summed E-state index contributed by atoms with van der Waals surface area (Å²) >= 11 is 0. The van der Waals surface area contributed by atoms with E-state index in [1.807, 2.05) is 18.9 Å². The van der Waals surface area contributed by atoms with Crippen LogP contribution in [0.25, 0.3) is 0 Å². The summed E-state index contributed by atoms with van der Waals surface area (Å²) in [7, 11) is 3.54. The van der Waals surface area contributed by atoms with E-state index in [-0.39, 0.29) is 5.91 Å². The standard InChI is InChI=1S/C13H23N5O/c1-5-6-10-16-12(14)9(2)13(17-10)18(4)8-7-11(19)15-3/h5-8H2,1-4H3,(H,15,19)(H2,14,16,17). The van der Waals surface area contributed by atoms with Crippen molar-refractivity contribution >= 4 is 17.5 Å². The Morgan fingerprint density at radius 3 is 2.68 bits per heavy atom. The molecular formula is C13H23N5O. The van der Waals surface area contributed by atoms with Gasteiger partial charge in [0.05, 0.1) is 0 Å². The number of rotatable bonds is 6. The fourth-order valence-corrected chi connectivity index (χ4v) is 1.78. The number of nitrogens with zero attached hydrogens (tertiary/aromatic N) is 3. The van der Waals surface area contributed by atoms with Crippen molar-refractivity contribution < 1.29 is 4.79 Å². The van der Waals surface area contributed by atoms with Crippen molar-refractivity contribution in [2.24, 2.45) is 0 Å². The van der Waals surface area contributed by atoms with Crippen LogP contribution in [0.3, 0.4) is 0 Å². The second-order valence-corrected chi connectivity index (χ2v) is 4.57. The molecular weight excluding hydrogens is 242 g/mol. The first-order valence-corrected chi connectivity index (χ1v) is 6.54. The Morgan fingerprint density at radius 2 is 2.11 bits per heavy atom. The van der Waals surface area contributed by atoms with Crippen molar-refractivity contribution in [3.63, 3.8) is 0 Å². The second-order valence-electron chi connectivity index (χ2n) is 4.57. The van der Waals surface area contributed by atoms with Crippen molar-refractivity contribution in [1.82, 2.24) is 15.3 Å². The quantitative estimate of drug-likeness (QED) is 0.798. The smallest absolute Gasteiger partial charge is 0.221 e. The van der Waals surface area contributed by atoms with Crippen molar-refractivity contribution in [2.45, 2.75) is 33.1 Å². The number of hydrogen-bond donors (Lipinski definition) is 2. The highest BCUT2D eigenvalue weighted by molar-refractivity contribution is 5.76. The minimum Gasteiger partial charge on any atom is -0.383 e. The average molecular weight is 265 g/mol. The fraction of sp³-hybridized carbons (Fsp3) is 0.615. The van der Waals surface area contributed by atoms with Gasteiger partial charge in [-0.05, 0) is 13.3 Å². The molecule has 0 aliphatic carbocycles. The maximum atomic E-state index is 11.3. The average Bonchev–Trinajstić information content (AvgIpc) is 2.39. The summed E-state index contributed by atoms with van der Waals surface area (Å²) in [4.78, 5) is 22.0. The van der Waals surface area contributed by atoms with Crippen LogP contribution in [0.15, 0.2) is 0 Å². The molecule has 0 unspecified atom stereocenters. The van der Waals surface area contributed by atoms with Gasteiger partial charge in [0.1, 0.15) is 17.5 Å². The van der Waals surface area contributed by atoms with Crippen LogP contribution < -0.4 is 16.0 Å². The normalized spacial score (nSPS) is 10.3. The lowest BCUT2D eigenvalue weighted by Gasteiger charge is -2.21. The van der Waals surface area contributed by atoms with E-state index in [1.54, 1.807) is 7.05 Å². The number of aryl methyl sites for hydroxylation is 1. The second kappa shape index (κ2) is 6.92. The summed E-state index contributed by atoms with van der Waals surface area (Å²) in [5.74, 6) is 2.09. The molecule has 1 aromatic heterocycles. The van der Waals surface area contributed by atoms with Crippen LogP contribution in [0.5, 0.6) is 0 Å². The summed E-state index contributed by atoms with van der Waals surface area (Å²) in [6.07, 6.45) is 2.21. The SMILES string of the molecule is CCCc1nc(N)c(C)c(N(C)CCC(=O)NC)n1. The van der Waals surface area contributed by atoms with E-state index in [2.05, 4.69) is 22.2 Å². The fourth-order valence-electron chi connectivity index (χ4n) is 1.78. The minimum absolute atomic E-state index is 0.0142. The third-order valence-electron chi connectivity index (χ3n) is 2.99. The summed E-state index contributed by atoms with van der Waals surface area (Å²) < 4.78 is 0. The van der Waals surface area contributed by atoms with Crippen LogP contribution in [0.4, 0.5) is 11.6 Å². The van der Waals surface area contributed by atoms with Gasteiger partial charge in [0, 0.05) is 39.0 Å². The third-order valence-corrected chi connectivity index (χ3v) is 2.99. The van der Waals surface area contributed by atoms with Crippen LogP contribution in [-0.4, -0.2) is 36.5 Å². The van der Waals surface area contributed by atoms with E-state index in [4.69, 9.17) is 5.73 Å². The van der Waals surface area contributed by atoms with E-state index in [0.29, 0.717) is 18.8 Å². The molecule has 0 saturated heterocycles. The molecule has 3 N–H and O–H groups in total. The lowest BCUT2D eigenvalue weighted by atomic mass is 10.2. The van der Waals surface area contributed by atoms with E-state index in [9.17, 15) is 4.79 Å². The molecule has 0 fully saturated rings. The first kappa shape index (κ1) is 15.2. The van der Waals surface area contributed by atoms with Crippen molar-refractivity contribution in [2.75, 3.05) is 31.3 Å². The van der Waals surface area contributed by atoms with Gasteiger partial charge in [-0.3, -0.25) is 4.79 Å². The van der Waals surface area contributed by atoms with E-state index < -0.39 is 0 Å². The molecule has 1 amide bonds. The molecule has 1 rings (SSSR count). The summed E-state index contributed by atoms with van der Waals surface area (Å²) in [5.41, 5.74) is 6.78. The highest BCUT2D eigenvalue weighted by atomic mass is 16.1. The number of anilines is 2. The molecule has 6 nitrogen and oxygen atoms in total. The van der Waals surface area contributed by atoms with E-state index in [1.165, 1.54) is 0 Å². The van der Waals surface area contributed by atoms with Gasteiger partial charge in [-0.2, -0.15) is 0 Å². The zero-order valence-corrected chi connectivity index (χ0v) is 12.2. The number of carbonyl (C=O) groups excluding carboxylic acids is 1. The monoisotopic (exact) mass is 265 g/mol. The molecule has 0 atom stereocenters. The van der Waals surface area contributed by atoms with Gasteiger partial charge in [0.2, 0.25) is 5.91 Å². The van der Waals surface area contributed by atoms with Gasteiger partial charge in [-0.25, -0.2) is 9.97 Å². The van der Waals surface area contributed by atoms with Crippen LogP contribution in [0.2, 0.25) is 0 Å². The number of hydrogen-bond acceptors (Lipinski definition) is 5. The highest BCUT2D eigenvalue weighted by Gasteiger charge is 2.13. The molecule has 0 saturated carbocycles. The molecule has 0 radical (unpaired) electrons. The molecule has 0 bridgehead atoms. The minimum atomic E-state index is 0.0142. The summed E-state index contributed by atoms with van der Waals surface area (Å²) in [6.45, 7) is 4.58. The van der Waals surface area contributed by atoms with Gasteiger partial charge in [0.15, 0.2) is 0 Å². The van der Waals surface area contributed by atoms with Crippen LogP contribution >= 0.6 is 0 Å². The van der Waals surface area contributed by atoms with Crippen molar-refractivity contribution in [1.29, 1.82) is 0 Å². The highest BCUT2D eigenvalue weighted by Crippen LogP contribution is 2.21. The Kier molecular flexibility index (Phi) is 5.54. The maximum absolute atomic E-state index is 11.3. The number of nitrogens with two attached hydrogens (primary N) is 1. The molecule has 106 valence electrons. The van der Waals surface area contributed by atoms with E-state index in [0.717, 1.165) is 30.0 Å². The molecule has 0 aliphatic rings. The van der Waals surface area contributed by atoms with Crippen molar-refractivity contribution in [3.05, 3.63) is 11.4 Å². The van der Waals surface area contributed by atoms with Gasteiger partial charge >= 0.3 is 0 Å². The molecule has 0 aromatic carbocycles. The number of aromatic nitrogens is 2. The Balaban J connectivity index is 2.88. The maximum Gasteiger partial charge on any atom is 0.221 e. The Bertz CT molecular complexity index is 447. The predicted octanol–water partition coefficient (Wildman–Crippen LogP) is 0.892. The van der Waals surface area contributed by atoms with E-state index >= 15 is 0 Å². The number of nitrogen functional groups attached to an aromatic ring is 1. The lowest BCUT2D eigenvalue weighted by molar-refractivity contribution is -0.120. The predicted molar refractivity (Wildman–Crippen MR) is 77.1 cm³/mol. The Hall–Kier alpha value is -1.85. The van der Waals surface area contributed by atoms with Crippen molar-refractivity contribution in [3.8, 4) is 0 Å². The van der Waals surface area contributed by atoms with Crippen LogP contribution in [0.1, 0.15) is 31.2 Å². The molecule has 1 aromatic rings. The lowest BCUT2D eigenvalue weighted by Crippen LogP contribution is -2.28. The first-order valence-electron chi connectivity index (χ1n) is 6.54. The molecule has 19 heavy (non-hydrogen) atoms. The number of amides is 1. The zero-order chi connectivity index (χ0) is 14.4. The Morgan fingerprint density at radius 1 is 1.42 bits per heavy atom. The summed E-state index contributed by atoms with van der Waals surface area (Å²) in [6, 6.07) is 0. The molecule has 0 spiro atoms. The van der Waals surface area contributed by atoms with Gasteiger partial charge in [-0.15, -0.1) is 0 Å². The molecule has 6 heteroatoms. The van der Waals surface area contributed by atoms with Gasteiger partial charge in [-0.1, -0.05) is 6.92 Å². The zero-order valence-electron chi connectivity index (χ0n) is 12.2. The van der Waals surface area contributed by atoms with Crippen LogP contribution in [-0.2, 0) is 11.2 Å². The largest absolute Gasteiger partial charge is 0.383 e. The first-order chi connectivity index (χ1) is 8.99. The number of carbonyl (C=O) groups is 1. The van der Waals surface area contributed by atoms with Gasteiger partial charge < -0.3 is 16.0 Å². The Labute approximate surface area is 114 Å². The molecule has 0 aliphatic heterocycles. The number of nitrogens with one attached hydrogen (secondary N) is 1. The topological polar surface area (TPSA) is 84.1 Å².